The quantitative estimate of drug-likeness (QED) is 0.138. The Morgan fingerprint density at radius 3 is 0.576 bits per heavy atom. The third kappa shape index (κ3) is 98.6. The molecule has 11 rings (SSSR count). The predicted octanol–water partition coefficient (Wildman–Crippen LogP) is 32.8. The van der Waals surface area contributed by atoms with E-state index < -0.39 is 0 Å². The highest BCUT2D eigenvalue weighted by Gasteiger charge is 2.10. The minimum Gasteiger partial charge on any atom is -0.493 e. The molecule has 2 heterocycles. The number of aliphatic hydroxyl groups is 2. The van der Waals surface area contributed by atoms with Gasteiger partial charge in [0.2, 0.25) is 6.79 Å². The first-order chi connectivity index (χ1) is 56.2. The van der Waals surface area contributed by atoms with Crippen molar-refractivity contribution in [2.45, 2.75) is 276 Å². The maximum absolute atomic E-state index is 9.50. The van der Waals surface area contributed by atoms with Crippen molar-refractivity contribution >= 4 is 0 Å². The second-order valence-electron chi connectivity index (χ2n) is 27.5. The van der Waals surface area contributed by atoms with Crippen LogP contribution in [0.4, 0.5) is 8.78 Å². The van der Waals surface area contributed by atoms with E-state index in [1.54, 1.807) is 35.2 Å². The van der Waals surface area contributed by atoms with Crippen LogP contribution in [-0.4, -0.2) is 86.2 Å². The summed E-state index contributed by atoms with van der Waals surface area (Å²) >= 11 is 0. The minimum atomic E-state index is 0. The predicted molar refractivity (Wildman–Crippen MR) is 530 cm³/mol. The fourth-order valence-electron chi connectivity index (χ4n) is 8.01. The molecule has 10 heteroatoms. The Bertz CT molecular complexity index is 2630. The molecule has 0 saturated heterocycles. The summed E-state index contributed by atoms with van der Waals surface area (Å²) in [5.74, 6) is 9.04. The average Bonchev–Trinajstić information content (AvgIpc) is 1.09. The summed E-state index contributed by atoms with van der Waals surface area (Å²) in [6, 6.07) is 89.5. The van der Waals surface area contributed by atoms with E-state index in [1.165, 1.54) is 58.0 Å². The highest BCUT2D eigenvalue weighted by molar-refractivity contribution is 5.41. The smallest absolute Gasteiger partial charge is 0.231 e. The third-order valence-electron chi connectivity index (χ3n) is 13.7. The number of aryl methyl sites for hydroxylation is 1. The van der Waals surface area contributed by atoms with Gasteiger partial charge in [0, 0.05) is 41.2 Å². The van der Waals surface area contributed by atoms with Crippen LogP contribution in [0.5, 0.6) is 17.2 Å². The summed E-state index contributed by atoms with van der Waals surface area (Å²) < 4.78 is 43.4. The first kappa shape index (κ1) is 136. The topological polar surface area (TPSA) is 113 Å². The summed E-state index contributed by atoms with van der Waals surface area (Å²) in [6.07, 6.45) is 2.34. The summed E-state index contributed by atoms with van der Waals surface area (Å²) in [5, 5.41) is 15.1. The van der Waals surface area contributed by atoms with Crippen LogP contribution in [0, 0.1) is 11.8 Å². The molecule has 9 aromatic carbocycles. The molecule has 0 aliphatic carbocycles. The van der Waals surface area contributed by atoms with Gasteiger partial charge in [-0.25, -0.2) is 0 Å². The Morgan fingerprint density at radius 2 is 0.441 bits per heavy atom. The van der Waals surface area contributed by atoms with Gasteiger partial charge < -0.3 is 39.6 Å². The fraction of sp³-hybridized carbons (Fsp3) is 0.500. The molecular formula is C108H185F2NO7. The van der Waals surface area contributed by atoms with Gasteiger partial charge in [0.15, 0.2) is 11.5 Å². The van der Waals surface area contributed by atoms with Crippen molar-refractivity contribution in [3.05, 3.63) is 305 Å². The van der Waals surface area contributed by atoms with Crippen LogP contribution in [-0.2, 0) is 15.9 Å². The third-order valence-corrected chi connectivity index (χ3v) is 13.7. The number of benzene rings is 9. The standard InChI is InChI=1S/C9H10O.7C9H12.C7H6O2.2C4H10.C3H8O.3C2H6O.4C2H6.2CH3F.CH5N.CH4/c1-2-6-9-8(4-1)5-3-7-10-9;7*1-8(2)9-6-4-3-5-7-9;1-2-4-7-6(3-1)8-5-9-7;2*1-4(2)3;1-3-4-2;1-3-2;2*1-2-3;7*1-2;/h1-2,4,6H,3,5,7H2;7*3-8H,1-2H3;1-4H,5H2;2*4H,1-3H3;3H2,1-2H3;1-2H3;2*3H,2H2,1H3;4*1-2H3;2*1H3;2H2,1H3;1H4. The van der Waals surface area contributed by atoms with Crippen molar-refractivity contribution in [3.8, 4) is 17.2 Å². The van der Waals surface area contributed by atoms with Crippen molar-refractivity contribution in [1.29, 1.82) is 0 Å². The highest BCUT2D eigenvalue weighted by atomic mass is 19.1. The van der Waals surface area contributed by atoms with Crippen LogP contribution in [0.2, 0.25) is 0 Å². The van der Waals surface area contributed by atoms with E-state index in [4.69, 9.17) is 24.4 Å². The van der Waals surface area contributed by atoms with E-state index in [0.29, 0.717) is 62.6 Å². The van der Waals surface area contributed by atoms with E-state index in [2.05, 4.69) is 336 Å². The van der Waals surface area contributed by atoms with E-state index in [0.717, 1.165) is 48.7 Å². The van der Waals surface area contributed by atoms with Crippen LogP contribution >= 0.6 is 0 Å². The number of ether oxygens (including phenoxy) is 5. The average molecular weight is 1650 g/mol. The molecule has 0 fully saturated rings. The molecule has 0 aromatic heterocycles. The van der Waals surface area contributed by atoms with E-state index in [1.807, 2.05) is 141 Å². The van der Waals surface area contributed by atoms with Gasteiger partial charge in [-0.3, -0.25) is 8.78 Å². The lowest BCUT2D eigenvalue weighted by molar-refractivity contribution is 0.174. The summed E-state index contributed by atoms with van der Waals surface area (Å²) in [4.78, 5) is 0. The molecule has 2 aliphatic heterocycles. The lowest BCUT2D eigenvalue weighted by Gasteiger charge is -2.15. The zero-order valence-corrected chi connectivity index (χ0v) is 81.7. The summed E-state index contributed by atoms with van der Waals surface area (Å²) in [7, 11) is 7.43. The second kappa shape index (κ2) is 111. The number of nitrogens with two attached hydrogens (primary N) is 1. The zero-order valence-electron chi connectivity index (χ0n) is 81.7. The SMILES string of the molecule is C.CC.CC.CC.CC.CC(C)C.CC(C)C.CC(C)c1ccccc1.CC(C)c1ccccc1.CC(C)c1ccccc1.CC(C)c1ccccc1.CC(C)c1ccccc1.CC(C)c1ccccc1.CC(C)c1ccccc1.CCO.CCO.CCOC.CF.CF.CN.COC.c1ccc2c(c1)CCCO2.c1ccc2c(c1)OCO2. The number of para-hydroxylation sites is 3. The highest BCUT2D eigenvalue weighted by Crippen LogP contribution is 2.30. The fourth-order valence-corrected chi connectivity index (χ4v) is 8.01. The Balaban J connectivity index is -0.000000102. The lowest BCUT2D eigenvalue weighted by atomic mass is 10.0. The molecule has 0 unspecified atom stereocenters. The minimum absolute atomic E-state index is 0. The second-order valence-corrected chi connectivity index (χ2v) is 27.5. The molecular weight excluding hydrogens is 1460 g/mol. The van der Waals surface area contributed by atoms with Gasteiger partial charge in [0.25, 0.3) is 0 Å². The van der Waals surface area contributed by atoms with Crippen LogP contribution < -0.4 is 19.9 Å². The summed E-state index contributed by atoms with van der Waals surface area (Å²) in [6.45, 7) is 67.7. The molecule has 0 bridgehead atoms. The van der Waals surface area contributed by atoms with Gasteiger partial charge in [-0.15, -0.1) is 0 Å². The molecule has 2 aliphatic rings. The zero-order chi connectivity index (χ0) is 92.4. The molecule has 9 aromatic rings. The van der Waals surface area contributed by atoms with Crippen molar-refractivity contribution in [1.82, 2.24) is 0 Å². The molecule has 118 heavy (non-hydrogen) atoms. The van der Waals surface area contributed by atoms with E-state index in [9.17, 15) is 8.78 Å². The maximum atomic E-state index is 9.50. The van der Waals surface area contributed by atoms with Crippen molar-refractivity contribution < 1.29 is 42.7 Å². The molecule has 0 radical (unpaired) electrons. The number of hydrogen-bond acceptors (Lipinski definition) is 8. The Kier molecular flexibility index (Phi) is 128. The van der Waals surface area contributed by atoms with Gasteiger partial charge in [-0.2, -0.15) is 0 Å². The first-order valence-electron chi connectivity index (χ1n) is 43.0. The van der Waals surface area contributed by atoms with Crippen LogP contribution in [0.1, 0.15) is 314 Å². The number of fused-ring (bicyclic) bond motifs is 2. The number of methoxy groups -OCH3 is 2. The Labute approximate surface area is 731 Å². The molecule has 0 saturated carbocycles. The number of rotatable bonds is 8. The number of halogens is 2. The van der Waals surface area contributed by atoms with Gasteiger partial charge in [-0.05, 0) is 157 Å². The molecule has 4 N–H and O–H groups in total. The molecule has 0 atom stereocenters. The van der Waals surface area contributed by atoms with Crippen LogP contribution in [0.15, 0.2) is 261 Å². The van der Waals surface area contributed by atoms with Crippen LogP contribution in [0.25, 0.3) is 0 Å². The first-order valence-corrected chi connectivity index (χ1v) is 43.0. The van der Waals surface area contributed by atoms with Gasteiger partial charge in [0.1, 0.15) is 5.75 Å². The van der Waals surface area contributed by atoms with E-state index in [-0.39, 0.29) is 20.6 Å². The van der Waals surface area contributed by atoms with Gasteiger partial charge in [-0.1, -0.05) is 444 Å². The lowest BCUT2D eigenvalue weighted by Crippen LogP contribution is -2.07. The normalized spacial score (nSPS) is 9.45. The van der Waals surface area contributed by atoms with Gasteiger partial charge >= 0.3 is 0 Å². The molecule has 0 spiro atoms. The summed E-state index contributed by atoms with van der Waals surface area (Å²) in [5.41, 5.74) is 15.8. The Hall–Kier alpha value is -7.96. The van der Waals surface area contributed by atoms with Gasteiger partial charge in [0.05, 0.1) is 21.0 Å². The monoisotopic (exact) mass is 1650 g/mol. The largest absolute Gasteiger partial charge is 0.493 e. The Morgan fingerprint density at radius 1 is 0.297 bits per heavy atom. The number of hydrogen-bond donors (Lipinski definition) is 3. The van der Waals surface area contributed by atoms with Crippen LogP contribution in [0.3, 0.4) is 0 Å². The molecule has 0 amide bonds. The number of aliphatic hydroxyl groups excluding tert-OH is 2. The van der Waals surface area contributed by atoms with E-state index >= 15 is 0 Å². The maximum Gasteiger partial charge on any atom is 0.231 e. The van der Waals surface area contributed by atoms with Crippen molar-refractivity contribution in [3.63, 3.8) is 0 Å². The molecule has 8 nitrogen and oxygen atoms in total. The molecule has 678 valence electrons. The van der Waals surface area contributed by atoms with Crippen molar-refractivity contribution in [2.24, 2.45) is 17.6 Å². The number of alkyl halides is 2. The van der Waals surface area contributed by atoms with Crippen molar-refractivity contribution in [2.75, 3.05) is 76.0 Å².